The van der Waals surface area contributed by atoms with Gasteiger partial charge in [-0.3, -0.25) is 9.59 Å². The highest BCUT2D eigenvalue weighted by Gasteiger charge is 2.36. The van der Waals surface area contributed by atoms with Gasteiger partial charge in [-0.25, -0.2) is 4.79 Å². The zero-order valence-electron chi connectivity index (χ0n) is 24.1. The molecule has 0 fully saturated rings. The summed E-state index contributed by atoms with van der Waals surface area (Å²) in [7, 11) is 0. The van der Waals surface area contributed by atoms with Crippen LogP contribution in [0.4, 0.5) is 4.79 Å². The number of aromatic hydroxyl groups is 1. The molecule has 1 rings (SSSR count). The standard InChI is InChI=1S/C29H49N3O5/c1-9-11-12-18-32(27(35)24(19-20(3)4)31-28(36)37-29(6,7)8)25(22-14-16-23(33)17-15-22)26(34)30-21(5)13-10-2/h14-17,20-21,24-25,33H,9-13,18-19H2,1-8H3,(H,30,34)(H,31,36). The minimum atomic E-state index is -0.903. The number of hydrogen-bond donors (Lipinski definition) is 3. The highest BCUT2D eigenvalue weighted by atomic mass is 16.6. The summed E-state index contributed by atoms with van der Waals surface area (Å²) < 4.78 is 5.44. The maximum Gasteiger partial charge on any atom is 0.408 e. The number of rotatable bonds is 14. The van der Waals surface area contributed by atoms with E-state index >= 15 is 0 Å². The molecule has 8 nitrogen and oxygen atoms in total. The van der Waals surface area contributed by atoms with Crippen LogP contribution in [0.5, 0.6) is 5.75 Å². The highest BCUT2D eigenvalue weighted by Crippen LogP contribution is 2.26. The predicted molar refractivity (Wildman–Crippen MR) is 147 cm³/mol. The average molecular weight is 520 g/mol. The largest absolute Gasteiger partial charge is 0.508 e. The summed E-state index contributed by atoms with van der Waals surface area (Å²) >= 11 is 0. The average Bonchev–Trinajstić information content (AvgIpc) is 2.77. The molecular weight excluding hydrogens is 470 g/mol. The van der Waals surface area contributed by atoms with Crippen LogP contribution in [0.25, 0.3) is 0 Å². The summed E-state index contributed by atoms with van der Waals surface area (Å²) in [5, 5.41) is 15.7. The van der Waals surface area contributed by atoms with Crippen molar-refractivity contribution in [2.45, 2.75) is 118 Å². The highest BCUT2D eigenvalue weighted by molar-refractivity contribution is 5.92. The fourth-order valence-electron chi connectivity index (χ4n) is 4.20. The SMILES string of the molecule is CCCCCN(C(=O)C(CC(C)C)NC(=O)OC(C)(C)C)C(C(=O)NC(C)CCC)c1ccc(O)cc1. The Hall–Kier alpha value is -2.77. The lowest BCUT2D eigenvalue weighted by atomic mass is 9.98. The Labute approximate surface area is 223 Å². The lowest BCUT2D eigenvalue weighted by Crippen LogP contribution is -2.54. The zero-order valence-corrected chi connectivity index (χ0v) is 24.1. The Morgan fingerprint density at radius 2 is 1.59 bits per heavy atom. The van der Waals surface area contributed by atoms with Gasteiger partial charge in [0.05, 0.1) is 0 Å². The van der Waals surface area contributed by atoms with Gasteiger partial charge in [0, 0.05) is 12.6 Å². The van der Waals surface area contributed by atoms with Crippen LogP contribution in [0.3, 0.4) is 0 Å². The number of benzene rings is 1. The zero-order chi connectivity index (χ0) is 28.2. The summed E-state index contributed by atoms with van der Waals surface area (Å²) in [5.41, 5.74) is -0.107. The molecule has 1 aromatic carbocycles. The molecule has 0 radical (unpaired) electrons. The lowest BCUT2D eigenvalue weighted by molar-refractivity contribution is -0.143. The maximum absolute atomic E-state index is 14.1. The van der Waals surface area contributed by atoms with E-state index in [1.165, 1.54) is 12.1 Å². The molecule has 37 heavy (non-hydrogen) atoms. The van der Waals surface area contributed by atoms with E-state index in [9.17, 15) is 19.5 Å². The van der Waals surface area contributed by atoms with Crippen LogP contribution in [0.1, 0.15) is 106 Å². The second kappa shape index (κ2) is 15.5. The number of carbonyl (C=O) groups excluding carboxylic acids is 3. The molecule has 0 aliphatic heterocycles. The summed E-state index contributed by atoms with van der Waals surface area (Å²) in [4.78, 5) is 42.0. The number of alkyl carbamates (subject to hydrolysis) is 1. The van der Waals surface area contributed by atoms with Crippen molar-refractivity contribution >= 4 is 17.9 Å². The number of nitrogens with one attached hydrogen (secondary N) is 2. The van der Waals surface area contributed by atoms with Gasteiger partial charge in [-0.15, -0.1) is 0 Å². The minimum Gasteiger partial charge on any atom is -0.508 e. The van der Waals surface area contributed by atoms with Gasteiger partial charge in [-0.2, -0.15) is 0 Å². The smallest absolute Gasteiger partial charge is 0.408 e. The molecule has 210 valence electrons. The van der Waals surface area contributed by atoms with Gasteiger partial charge in [0.2, 0.25) is 11.8 Å². The third-order valence-corrected chi connectivity index (χ3v) is 5.86. The van der Waals surface area contributed by atoms with Gasteiger partial charge in [-0.05, 0) is 70.6 Å². The Kier molecular flexibility index (Phi) is 13.5. The molecule has 3 amide bonds. The lowest BCUT2D eigenvalue weighted by Gasteiger charge is -2.35. The number of unbranched alkanes of at least 4 members (excludes halogenated alkanes) is 2. The molecule has 0 bridgehead atoms. The van der Waals surface area contributed by atoms with Crippen molar-refractivity contribution in [3.63, 3.8) is 0 Å². The fourth-order valence-corrected chi connectivity index (χ4v) is 4.20. The molecule has 3 atom stereocenters. The van der Waals surface area contributed by atoms with Crippen LogP contribution in [-0.4, -0.2) is 52.1 Å². The number of phenolic OH excluding ortho intramolecular Hbond substituents is 1. The molecule has 8 heteroatoms. The molecule has 0 aromatic heterocycles. The number of ether oxygens (including phenoxy) is 1. The first-order chi connectivity index (χ1) is 17.3. The normalized spacial score (nSPS) is 14.0. The Bertz CT molecular complexity index is 848. The molecule has 0 aliphatic carbocycles. The number of phenols is 1. The Morgan fingerprint density at radius 1 is 0.973 bits per heavy atom. The van der Waals surface area contributed by atoms with E-state index < -0.39 is 23.8 Å². The Morgan fingerprint density at radius 3 is 2.11 bits per heavy atom. The van der Waals surface area contributed by atoms with E-state index in [2.05, 4.69) is 24.5 Å². The van der Waals surface area contributed by atoms with Crippen LogP contribution in [-0.2, 0) is 14.3 Å². The molecule has 3 N–H and O–H groups in total. The van der Waals surface area contributed by atoms with Crippen LogP contribution in [0, 0.1) is 5.92 Å². The molecular formula is C29H49N3O5. The van der Waals surface area contributed by atoms with Crippen molar-refractivity contribution in [1.82, 2.24) is 15.5 Å². The summed E-state index contributed by atoms with van der Waals surface area (Å²) in [6.07, 6.45) is 4.04. The molecule has 0 heterocycles. The van der Waals surface area contributed by atoms with Crippen LogP contribution in [0.2, 0.25) is 0 Å². The van der Waals surface area contributed by atoms with Crippen LogP contribution >= 0.6 is 0 Å². The molecule has 1 aromatic rings. The van der Waals surface area contributed by atoms with E-state index in [-0.39, 0.29) is 29.5 Å². The summed E-state index contributed by atoms with van der Waals surface area (Å²) in [6, 6.07) is 4.56. The van der Waals surface area contributed by atoms with Gasteiger partial charge in [-0.1, -0.05) is 59.1 Å². The second-order valence-corrected chi connectivity index (χ2v) is 11.3. The second-order valence-electron chi connectivity index (χ2n) is 11.3. The van der Waals surface area contributed by atoms with Crippen molar-refractivity contribution in [3.05, 3.63) is 29.8 Å². The van der Waals surface area contributed by atoms with Gasteiger partial charge in [0.15, 0.2) is 0 Å². The molecule has 3 unspecified atom stereocenters. The maximum atomic E-state index is 14.1. The topological polar surface area (TPSA) is 108 Å². The van der Waals surface area contributed by atoms with Crippen molar-refractivity contribution in [2.75, 3.05) is 6.54 Å². The van der Waals surface area contributed by atoms with Crippen molar-refractivity contribution in [1.29, 1.82) is 0 Å². The monoisotopic (exact) mass is 519 g/mol. The van der Waals surface area contributed by atoms with Crippen molar-refractivity contribution in [3.8, 4) is 5.75 Å². The quantitative estimate of drug-likeness (QED) is 0.273. The fraction of sp³-hybridized carbons (Fsp3) is 0.690. The third-order valence-electron chi connectivity index (χ3n) is 5.86. The summed E-state index contributed by atoms with van der Waals surface area (Å²) in [5.74, 6) is -0.411. The van der Waals surface area contributed by atoms with E-state index in [0.717, 1.165) is 32.1 Å². The van der Waals surface area contributed by atoms with Gasteiger partial charge in [0.1, 0.15) is 23.4 Å². The first kappa shape index (κ1) is 32.3. The van der Waals surface area contributed by atoms with Crippen LogP contribution < -0.4 is 10.6 Å². The molecule has 0 aliphatic rings. The molecule has 0 spiro atoms. The number of hydrogen-bond acceptors (Lipinski definition) is 5. The molecule has 0 saturated heterocycles. The van der Waals surface area contributed by atoms with E-state index in [1.54, 1.807) is 37.8 Å². The number of carbonyl (C=O) groups is 3. The van der Waals surface area contributed by atoms with E-state index in [1.807, 2.05) is 20.8 Å². The van der Waals surface area contributed by atoms with Crippen molar-refractivity contribution in [2.24, 2.45) is 5.92 Å². The van der Waals surface area contributed by atoms with E-state index in [0.29, 0.717) is 18.5 Å². The van der Waals surface area contributed by atoms with Crippen LogP contribution in [0.15, 0.2) is 24.3 Å². The van der Waals surface area contributed by atoms with E-state index in [4.69, 9.17) is 4.74 Å². The predicted octanol–water partition coefficient (Wildman–Crippen LogP) is 5.70. The minimum absolute atomic E-state index is 0.0592. The van der Waals surface area contributed by atoms with Gasteiger partial charge < -0.3 is 25.4 Å². The third kappa shape index (κ3) is 11.9. The molecule has 0 saturated carbocycles. The summed E-state index contributed by atoms with van der Waals surface area (Å²) in [6.45, 7) is 15.7. The first-order valence-corrected chi connectivity index (χ1v) is 13.7. The van der Waals surface area contributed by atoms with Gasteiger partial charge in [0.25, 0.3) is 0 Å². The number of amides is 3. The first-order valence-electron chi connectivity index (χ1n) is 13.7. The Balaban J connectivity index is 3.47. The van der Waals surface area contributed by atoms with Gasteiger partial charge >= 0.3 is 6.09 Å². The number of nitrogens with zero attached hydrogens (tertiary/aromatic N) is 1. The van der Waals surface area contributed by atoms with Crippen molar-refractivity contribution < 1.29 is 24.2 Å².